The smallest absolute Gasteiger partial charge is 0.148 e. The maximum atomic E-state index is 6.00. The molecule has 1 aliphatic rings. The molecule has 100 valence electrons. The second kappa shape index (κ2) is 6.17. The molecule has 0 aliphatic carbocycles. The third-order valence-electron chi connectivity index (χ3n) is 3.27. The Bertz CT molecular complexity index is 405. The molecule has 1 aliphatic heterocycles. The summed E-state index contributed by atoms with van der Waals surface area (Å²) >= 11 is 9.46. The Morgan fingerprint density at radius 1 is 1.39 bits per heavy atom. The van der Waals surface area contributed by atoms with E-state index in [9.17, 15) is 0 Å². The summed E-state index contributed by atoms with van der Waals surface area (Å²) in [7, 11) is 4.26. The van der Waals surface area contributed by atoms with E-state index in [0.717, 1.165) is 29.3 Å². The average Bonchev–Trinajstić information content (AvgIpc) is 2.33. The van der Waals surface area contributed by atoms with E-state index in [2.05, 4.69) is 49.8 Å². The summed E-state index contributed by atoms with van der Waals surface area (Å²) < 4.78 is 0.803. The molecule has 0 spiro atoms. The molecular weight excluding hydrogens is 316 g/mol. The fourth-order valence-corrected chi connectivity index (χ4v) is 2.99. The van der Waals surface area contributed by atoms with Gasteiger partial charge in [0.25, 0.3) is 0 Å². The summed E-state index contributed by atoms with van der Waals surface area (Å²) in [5.41, 5.74) is 0. The van der Waals surface area contributed by atoms with Crippen molar-refractivity contribution in [3.8, 4) is 0 Å². The van der Waals surface area contributed by atoms with Crippen molar-refractivity contribution < 1.29 is 0 Å². The van der Waals surface area contributed by atoms with Crippen LogP contribution in [0.1, 0.15) is 12.8 Å². The van der Waals surface area contributed by atoms with E-state index in [-0.39, 0.29) is 0 Å². The van der Waals surface area contributed by atoms with E-state index in [4.69, 9.17) is 11.6 Å². The number of aromatic nitrogens is 2. The molecule has 0 bridgehead atoms. The topological polar surface area (TPSA) is 32.3 Å². The molecule has 1 aromatic rings. The molecule has 1 fully saturated rings. The summed E-state index contributed by atoms with van der Waals surface area (Å²) in [6.07, 6.45) is 3.92. The number of nitrogens with zero attached hydrogens (tertiary/aromatic N) is 4. The Labute approximate surface area is 121 Å². The van der Waals surface area contributed by atoms with Crippen molar-refractivity contribution >= 4 is 33.3 Å². The molecule has 2 rings (SSSR count). The molecule has 0 N–H and O–H groups in total. The Morgan fingerprint density at radius 2 is 2.06 bits per heavy atom. The van der Waals surface area contributed by atoms with Crippen molar-refractivity contribution in [1.29, 1.82) is 0 Å². The van der Waals surface area contributed by atoms with Crippen LogP contribution in [0.25, 0.3) is 0 Å². The number of hydrogen-bond acceptors (Lipinski definition) is 4. The zero-order valence-corrected chi connectivity index (χ0v) is 13.1. The van der Waals surface area contributed by atoms with Crippen molar-refractivity contribution in [2.24, 2.45) is 5.92 Å². The van der Waals surface area contributed by atoms with Gasteiger partial charge in [-0.2, -0.15) is 0 Å². The van der Waals surface area contributed by atoms with Crippen molar-refractivity contribution in [1.82, 2.24) is 14.9 Å². The van der Waals surface area contributed by atoms with Crippen LogP contribution in [0.3, 0.4) is 0 Å². The first-order valence-electron chi connectivity index (χ1n) is 6.13. The lowest BCUT2D eigenvalue weighted by Gasteiger charge is -2.34. The molecule has 0 radical (unpaired) electrons. The van der Waals surface area contributed by atoms with Crippen LogP contribution in [0.4, 0.5) is 5.82 Å². The monoisotopic (exact) mass is 332 g/mol. The molecular formula is C12H18BrClN4. The molecule has 2 heterocycles. The maximum absolute atomic E-state index is 6.00. The highest BCUT2D eigenvalue weighted by Crippen LogP contribution is 2.31. The Balaban J connectivity index is 1.99. The van der Waals surface area contributed by atoms with Gasteiger partial charge in [-0.1, -0.05) is 11.6 Å². The fourth-order valence-electron chi connectivity index (χ4n) is 2.40. The van der Waals surface area contributed by atoms with Gasteiger partial charge in [0.2, 0.25) is 0 Å². The highest BCUT2D eigenvalue weighted by molar-refractivity contribution is 9.10. The van der Waals surface area contributed by atoms with Crippen molar-refractivity contribution in [2.75, 3.05) is 38.6 Å². The van der Waals surface area contributed by atoms with Crippen LogP contribution >= 0.6 is 27.5 Å². The Hall–Kier alpha value is -0.390. The summed E-state index contributed by atoms with van der Waals surface area (Å²) in [5.74, 6) is 1.70. The summed E-state index contributed by atoms with van der Waals surface area (Å²) in [4.78, 5) is 12.8. The molecule has 18 heavy (non-hydrogen) atoms. The molecule has 0 amide bonds. The highest BCUT2D eigenvalue weighted by atomic mass is 79.9. The van der Waals surface area contributed by atoms with Crippen LogP contribution in [0.5, 0.6) is 0 Å². The minimum absolute atomic E-state index is 0.482. The molecule has 6 heteroatoms. The molecule has 1 saturated heterocycles. The number of halogens is 2. The van der Waals surface area contributed by atoms with Gasteiger partial charge in [0, 0.05) is 19.6 Å². The Morgan fingerprint density at radius 3 is 2.67 bits per heavy atom. The van der Waals surface area contributed by atoms with Crippen LogP contribution in [0.15, 0.2) is 10.8 Å². The molecule has 4 nitrogen and oxygen atoms in total. The normalized spacial score (nSPS) is 17.5. The van der Waals surface area contributed by atoms with Gasteiger partial charge in [-0.25, -0.2) is 9.97 Å². The number of hydrogen-bond donors (Lipinski definition) is 0. The predicted molar refractivity (Wildman–Crippen MR) is 78.2 cm³/mol. The van der Waals surface area contributed by atoms with Gasteiger partial charge in [0.05, 0.1) is 4.47 Å². The number of piperidine rings is 1. The average molecular weight is 334 g/mol. The van der Waals surface area contributed by atoms with Crippen LogP contribution in [-0.2, 0) is 0 Å². The van der Waals surface area contributed by atoms with E-state index >= 15 is 0 Å². The Kier molecular flexibility index (Phi) is 4.81. The van der Waals surface area contributed by atoms with E-state index in [1.165, 1.54) is 25.7 Å². The van der Waals surface area contributed by atoms with E-state index in [1.807, 2.05) is 0 Å². The van der Waals surface area contributed by atoms with Gasteiger partial charge >= 0.3 is 0 Å². The van der Waals surface area contributed by atoms with Crippen molar-refractivity contribution in [2.45, 2.75) is 12.8 Å². The largest absolute Gasteiger partial charge is 0.356 e. The molecule has 0 aromatic carbocycles. The lowest BCUT2D eigenvalue weighted by molar-refractivity contribution is 0.284. The van der Waals surface area contributed by atoms with E-state index in [0.29, 0.717) is 5.15 Å². The van der Waals surface area contributed by atoms with Gasteiger partial charge in [-0.05, 0) is 48.8 Å². The number of rotatable bonds is 3. The van der Waals surface area contributed by atoms with Gasteiger partial charge in [0.1, 0.15) is 17.3 Å². The second-order valence-corrected chi connectivity index (χ2v) is 6.15. The summed E-state index contributed by atoms with van der Waals surface area (Å²) in [6, 6.07) is 0. The first kappa shape index (κ1) is 14.0. The molecule has 0 saturated carbocycles. The van der Waals surface area contributed by atoms with E-state index in [1.54, 1.807) is 0 Å². The van der Waals surface area contributed by atoms with Crippen LogP contribution in [-0.4, -0.2) is 48.6 Å². The second-order valence-electron chi connectivity index (χ2n) is 4.99. The number of anilines is 1. The van der Waals surface area contributed by atoms with Crippen LogP contribution < -0.4 is 4.90 Å². The zero-order chi connectivity index (χ0) is 13.1. The maximum Gasteiger partial charge on any atom is 0.148 e. The first-order valence-corrected chi connectivity index (χ1v) is 7.30. The van der Waals surface area contributed by atoms with Crippen molar-refractivity contribution in [3.63, 3.8) is 0 Å². The van der Waals surface area contributed by atoms with Crippen LogP contribution in [0, 0.1) is 5.92 Å². The van der Waals surface area contributed by atoms with Crippen molar-refractivity contribution in [3.05, 3.63) is 16.0 Å². The van der Waals surface area contributed by atoms with Crippen LogP contribution in [0.2, 0.25) is 5.15 Å². The van der Waals surface area contributed by atoms with Gasteiger partial charge in [-0.15, -0.1) is 0 Å². The zero-order valence-electron chi connectivity index (χ0n) is 10.7. The SMILES string of the molecule is CN(C)CC1CCN(c2ncnc(Cl)c2Br)CC1. The molecule has 0 unspecified atom stereocenters. The quantitative estimate of drug-likeness (QED) is 0.796. The minimum atomic E-state index is 0.482. The fraction of sp³-hybridized carbons (Fsp3) is 0.667. The van der Waals surface area contributed by atoms with E-state index < -0.39 is 0 Å². The first-order chi connectivity index (χ1) is 8.58. The van der Waals surface area contributed by atoms with Gasteiger partial charge in [0.15, 0.2) is 0 Å². The minimum Gasteiger partial charge on any atom is -0.356 e. The standard InChI is InChI=1S/C12H18BrClN4/c1-17(2)7-9-3-5-18(6-4-9)12-10(13)11(14)15-8-16-12/h8-9H,3-7H2,1-2H3. The predicted octanol–water partition coefficient (Wildman–Crippen LogP) is 2.67. The lowest BCUT2D eigenvalue weighted by atomic mass is 9.96. The summed E-state index contributed by atoms with van der Waals surface area (Å²) in [6.45, 7) is 3.23. The van der Waals surface area contributed by atoms with Gasteiger partial charge in [-0.3, -0.25) is 0 Å². The highest BCUT2D eigenvalue weighted by Gasteiger charge is 2.22. The molecule has 1 aromatic heterocycles. The summed E-state index contributed by atoms with van der Waals surface area (Å²) in [5, 5.41) is 0.482. The van der Waals surface area contributed by atoms with Gasteiger partial charge < -0.3 is 9.80 Å². The third kappa shape index (κ3) is 3.33. The molecule has 0 atom stereocenters. The third-order valence-corrected chi connectivity index (χ3v) is 4.51. The lowest BCUT2D eigenvalue weighted by Crippen LogP contribution is -2.37.